The Morgan fingerprint density at radius 2 is 2.29 bits per heavy atom. The number of aliphatic hydroxyl groups excluding tert-OH is 1. The van der Waals surface area contributed by atoms with Crippen LogP contribution in [0.4, 0.5) is 0 Å². The molecular weight excluding hydrogens is 284 g/mol. The van der Waals surface area contributed by atoms with Gasteiger partial charge in [-0.2, -0.15) is 0 Å². The third-order valence-electron chi connectivity index (χ3n) is 2.68. The van der Waals surface area contributed by atoms with E-state index in [1.54, 1.807) is 23.7 Å². The molecule has 0 radical (unpaired) electrons. The number of pyridine rings is 1. The average Bonchev–Trinajstić information content (AvgIpc) is 2.93. The van der Waals surface area contributed by atoms with E-state index >= 15 is 0 Å². The van der Waals surface area contributed by atoms with E-state index in [9.17, 15) is 4.79 Å². The van der Waals surface area contributed by atoms with E-state index in [0.717, 1.165) is 16.0 Å². The van der Waals surface area contributed by atoms with Crippen LogP contribution in [0, 0.1) is 18.8 Å². The van der Waals surface area contributed by atoms with E-state index in [-0.39, 0.29) is 12.5 Å². The van der Waals surface area contributed by atoms with Gasteiger partial charge in [-0.05, 0) is 24.6 Å². The molecule has 2 N–H and O–H groups in total. The highest BCUT2D eigenvalue weighted by atomic mass is 32.1. The van der Waals surface area contributed by atoms with Crippen LogP contribution in [0.5, 0.6) is 0 Å². The van der Waals surface area contributed by atoms with Crippen LogP contribution in [0.1, 0.15) is 32.8 Å². The molecule has 1 amide bonds. The Labute approximate surface area is 127 Å². The molecule has 5 heteroatoms. The number of nitrogens with zero attached hydrogens (tertiary/aromatic N) is 1. The largest absolute Gasteiger partial charge is 0.395 e. The summed E-state index contributed by atoms with van der Waals surface area (Å²) in [5, 5.41) is 13.5. The summed E-state index contributed by atoms with van der Waals surface area (Å²) >= 11 is 1.55. The van der Waals surface area contributed by atoms with Crippen LogP contribution >= 0.6 is 11.3 Å². The van der Waals surface area contributed by atoms with E-state index in [0.29, 0.717) is 18.5 Å². The van der Waals surface area contributed by atoms with Crippen molar-refractivity contribution in [2.24, 2.45) is 0 Å². The minimum atomic E-state index is -0.132. The average molecular weight is 300 g/mol. The Hall–Kier alpha value is -2.16. The van der Waals surface area contributed by atoms with E-state index in [1.807, 2.05) is 24.4 Å². The quantitative estimate of drug-likeness (QED) is 0.850. The van der Waals surface area contributed by atoms with Crippen LogP contribution in [0.3, 0.4) is 0 Å². The van der Waals surface area contributed by atoms with Gasteiger partial charge in [0.2, 0.25) is 0 Å². The first kappa shape index (κ1) is 15.2. The SMILES string of the molecule is Cc1cncc(C(=O)NCc2cc(C#CCCO)cs2)c1. The third-order valence-corrected chi connectivity index (χ3v) is 3.62. The van der Waals surface area contributed by atoms with Crippen molar-refractivity contribution in [3.63, 3.8) is 0 Å². The fourth-order valence-corrected chi connectivity index (χ4v) is 2.46. The molecule has 0 saturated carbocycles. The molecule has 0 aromatic carbocycles. The molecule has 0 aliphatic heterocycles. The standard InChI is InChI=1S/C16H16N2O2S/c1-12-6-14(9-17-8-12)16(20)18-10-15-7-13(11-21-15)4-2-3-5-19/h6-9,11,19H,3,5,10H2,1H3,(H,18,20). The van der Waals surface area contributed by atoms with E-state index in [2.05, 4.69) is 22.1 Å². The van der Waals surface area contributed by atoms with Crippen molar-refractivity contribution in [1.29, 1.82) is 0 Å². The Balaban J connectivity index is 1.91. The van der Waals surface area contributed by atoms with Gasteiger partial charge in [0, 0.05) is 34.6 Å². The summed E-state index contributed by atoms with van der Waals surface area (Å²) in [6, 6.07) is 3.76. The minimum Gasteiger partial charge on any atom is -0.395 e. The van der Waals surface area contributed by atoms with E-state index < -0.39 is 0 Å². The second-order valence-corrected chi connectivity index (χ2v) is 5.51. The van der Waals surface area contributed by atoms with Crippen molar-refractivity contribution in [3.05, 3.63) is 51.5 Å². The molecule has 0 unspecified atom stereocenters. The third kappa shape index (κ3) is 4.71. The highest BCUT2D eigenvalue weighted by Crippen LogP contribution is 2.14. The van der Waals surface area contributed by atoms with Crippen LogP contribution in [0.25, 0.3) is 0 Å². The fourth-order valence-electron chi connectivity index (χ4n) is 1.71. The molecule has 0 bridgehead atoms. The van der Waals surface area contributed by atoms with E-state index in [1.165, 1.54) is 0 Å². The first-order chi connectivity index (χ1) is 10.2. The van der Waals surface area contributed by atoms with Crippen LogP contribution in [0.2, 0.25) is 0 Å². The van der Waals surface area contributed by atoms with E-state index in [4.69, 9.17) is 5.11 Å². The summed E-state index contributed by atoms with van der Waals surface area (Å²) in [5.74, 6) is 5.71. The van der Waals surface area contributed by atoms with Gasteiger partial charge in [-0.25, -0.2) is 0 Å². The number of hydrogen-bond acceptors (Lipinski definition) is 4. The Kier molecular flexibility index (Phi) is 5.50. The van der Waals surface area contributed by atoms with Gasteiger partial charge in [0.15, 0.2) is 0 Å². The van der Waals surface area contributed by atoms with Gasteiger partial charge < -0.3 is 10.4 Å². The lowest BCUT2D eigenvalue weighted by atomic mass is 10.2. The lowest BCUT2D eigenvalue weighted by Crippen LogP contribution is -2.22. The second kappa shape index (κ2) is 7.58. The zero-order valence-corrected chi connectivity index (χ0v) is 12.5. The zero-order valence-electron chi connectivity index (χ0n) is 11.7. The minimum absolute atomic E-state index is 0.0740. The summed E-state index contributed by atoms with van der Waals surface area (Å²) < 4.78 is 0. The van der Waals surface area contributed by atoms with Gasteiger partial charge in [-0.3, -0.25) is 9.78 Å². The number of hydrogen-bond donors (Lipinski definition) is 2. The summed E-state index contributed by atoms with van der Waals surface area (Å²) in [6.45, 7) is 2.45. The van der Waals surface area contributed by atoms with Crippen molar-refractivity contribution < 1.29 is 9.90 Å². The highest BCUT2D eigenvalue weighted by Gasteiger charge is 2.06. The lowest BCUT2D eigenvalue weighted by molar-refractivity contribution is 0.0951. The number of carbonyl (C=O) groups is 1. The lowest BCUT2D eigenvalue weighted by Gasteiger charge is -2.03. The van der Waals surface area contributed by atoms with Crippen molar-refractivity contribution in [2.45, 2.75) is 19.9 Å². The molecule has 2 rings (SSSR count). The molecule has 108 valence electrons. The maximum Gasteiger partial charge on any atom is 0.253 e. The highest BCUT2D eigenvalue weighted by molar-refractivity contribution is 7.10. The molecule has 2 heterocycles. The molecule has 0 spiro atoms. The molecule has 0 saturated heterocycles. The Morgan fingerprint density at radius 1 is 1.43 bits per heavy atom. The molecular formula is C16H16N2O2S. The predicted octanol–water partition coefficient (Wildman–Crippen LogP) is 2.12. The number of aliphatic hydroxyl groups is 1. The molecule has 0 aliphatic rings. The molecule has 0 aliphatic carbocycles. The number of amides is 1. The second-order valence-electron chi connectivity index (χ2n) is 4.51. The first-order valence-corrected chi connectivity index (χ1v) is 7.44. The molecule has 21 heavy (non-hydrogen) atoms. The Bertz CT molecular complexity index is 683. The summed E-state index contributed by atoms with van der Waals surface area (Å²) in [7, 11) is 0. The monoisotopic (exact) mass is 300 g/mol. The maximum absolute atomic E-state index is 12.0. The van der Waals surface area contributed by atoms with Crippen molar-refractivity contribution >= 4 is 17.2 Å². The number of nitrogens with one attached hydrogen (secondary N) is 1. The van der Waals surface area contributed by atoms with Crippen molar-refractivity contribution in [3.8, 4) is 11.8 Å². The van der Waals surface area contributed by atoms with Crippen LogP contribution < -0.4 is 5.32 Å². The number of aromatic nitrogens is 1. The van der Waals surface area contributed by atoms with Gasteiger partial charge in [-0.1, -0.05) is 11.8 Å². The van der Waals surface area contributed by atoms with Gasteiger partial charge in [-0.15, -0.1) is 11.3 Å². The van der Waals surface area contributed by atoms with Crippen LogP contribution in [-0.4, -0.2) is 22.6 Å². The smallest absolute Gasteiger partial charge is 0.253 e. The molecule has 0 fully saturated rings. The zero-order chi connectivity index (χ0) is 15.1. The number of aryl methyl sites for hydroxylation is 1. The number of thiophene rings is 1. The van der Waals surface area contributed by atoms with Crippen LogP contribution in [0.15, 0.2) is 29.9 Å². The summed E-state index contributed by atoms with van der Waals surface area (Å²) in [5.41, 5.74) is 2.43. The summed E-state index contributed by atoms with van der Waals surface area (Å²) in [6.07, 6.45) is 3.75. The van der Waals surface area contributed by atoms with Gasteiger partial charge >= 0.3 is 0 Å². The van der Waals surface area contributed by atoms with Crippen molar-refractivity contribution in [1.82, 2.24) is 10.3 Å². The molecule has 2 aromatic rings. The molecule has 4 nitrogen and oxygen atoms in total. The van der Waals surface area contributed by atoms with Gasteiger partial charge in [0.25, 0.3) is 5.91 Å². The normalized spacial score (nSPS) is 9.81. The summed E-state index contributed by atoms with van der Waals surface area (Å²) in [4.78, 5) is 17.0. The maximum atomic E-state index is 12.0. The van der Waals surface area contributed by atoms with Crippen molar-refractivity contribution in [2.75, 3.05) is 6.61 Å². The first-order valence-electron chi connectivity index (χ1n) is 6.56. The van der Waals surface area contributed by atoms with Gasteiger partial charge in [0.1, 0.15) is 0 Å². The van der Waals surface area contributed by atoms with Crippen LogP contribution in [-0.2, 0) is 6.54 Å². The number of rotatable bonds is 4. The number of carbonyl (C=O) groups excluding carboxylic acids is 1. The fraction of sp³-hybridized carbons (Fsp3) is 0.250. The topological polar surface area (TPSA) is 62.2 Å². The molecule has 0 atom stereocenters. The van der Waals surface area contributed by atoms with Gasteiger partial charge in [0.05, 0.1) is 18.7 Å². The Morgan fingerprint density at radius 3 is 3.05 bits per heavy atom. The molecule has 2 aromatic heterocycles. The predicted molar refractivity (Wildman–Crippen MR) is 83.0 cm³/mol.